The van der Waals surface area contributed by atoms with Gasteiger partial charge in [-0.05, 0) is 43.9 Å². The van der Waals surface area contributed by atoms with Gasteiger partial charge >= 0.3 is 0 Å². The zero-order valence-corrected chi connectivity index (χ0v) is 16.4. The summed E-state index contributed by atoms with van der Waals surface area (Å²) in [6, 6.07) is 6.84. The Balaban J connectivity index is 1.93. The minimum absolute atomic E-state index is 0.0153. The summed E-state index contributed by atoms with van der Waals surface area (Å²) >= 11 is 0. The third kappa shape index (κ3) is 6.59. The summed E-state index contributed by atoms with van der Waals surface area (Å²) in [6.45, 7) is 7.30. The standard InChI is InChI=1S/C18H30N4O3S/c1-3-11-20-18(19-4-2)21-13-15-7-9-17(10-8-15)26(23,24)22-14-16-6-5-12-25-16/h7-10,16,22H,3-6,11-14H2,1-2H3,(H2,19,20,21). The number of guanidine groups is 1. The Labute approximate surface area is 156 Å². The van der Waals surface area contributed by atoms with Crippen LogP contribution in [0.25, 0.3) is 0 Å². The molecule has 26 heavy (non-hydrogen) atoms. The van der Waals surface area contributed by atoms with Crippen LogP contribution in [0.3, 0.4) is 0 Å². The Hall–Kier alpha value is -1.64. The van der Waals surface area contributed by atoms with E-state index in [0.717, 1.165) is 43.9 Å². The highest BCUT2D eigenvalue weighted by Gasteiger charge is 2.20. The number of hydrogen-bond donors (Lipinski definition) is 3. The molecule has 1 aromatic rings. The second-order valence-electron chi connectivity index (χ2n) is 6.25. The highest BCUT2D eigenvalue weighted by molar-refractivity contribution is 7.89. The topological polar surface area (TPSA) is 91.8 Å². The Morgan fingerprint density at radius 1 is 1.23 bits per heavy atom. The normalized spacial score (nSPS) is 18.1. The second-order valence-corrected chi connectivity index (χ2v) is 8.02. The minimum atomic E-state index is -3.51. The molecule has 0 spiro atoms. The van der Waals surface area contributed by atoms with Gasteiger partial charge in [0.1, 0.15) is 0 Å². The molecule has 0 saturated carbocycles. The summed E-state index contributed by atoms with van der Waals surface area (Å²) in [6.07, 6.45) is 2.90. The van der Waals surface area contributed by atoms with E-state index in [1.54, 1.807) is 24.3 Å². The summed E-state index contributed by atoms with van der Waals surface area (Å²) in [5.41, 5.74) is 0.955. The van der Waals surface area contributed by atoms with Gasteiger partial charge in [0.2, 0.25) is 10.0 Å². The van der Waals surface area contributed by atoms with E-state index in [-0.39, 0.29) is 11.0 Å². The average molecular weight is 383 g/mol. The Morgan fingerprint density at radius 3 is 2.62 bits per heavy atom. The van der Waals surface area contributed by atoms with Gasteiger partial charge in [-0.2, -0.15) is 0 Å². The van der Waals surface area contributed by atoms with Gasteiger partial charge in [-0.25, -0.2) is 18.1 Å². The maximum absolute atomic E-state index is 12.4. The molecule has 3 N–H and O–H groups in total. The number of nitrogens with zero attached hydrogens (tertiary/aromatic N) is 1. The van der Waals surface area contributed by atoms with Crippen molar-refractivity contribution in [2.45, 2.75) is 50.7 Å². The number of sulfonamides is 1. The van der Waals surface area contributed by atoms with Crippen molar-refractivity contribution in [3.8, 4) is 0 Å². The highest BCUT2D eigenvalue weighted by atomic mass is 32.2. The van der Waals surface area contributed by atoms with E-state index in [2.05, 4.69) is 27.3 Å². The van der Waals surface area contributed by atoms with Crippen molar-refractivity contribution in [1.29, 1.82) is 0 Å². The molecule has 8 heteroatoms. The van der Waals surface area contributed by atoms with Crippen LogP contribution in [0.1, 0.15) is 38.7 Å². The second kappa shape index (κ2) is 10.5. The highest BCUT2D eigenvalue weighted by Crippen LogP contribution is 2.14. The van der Waals surface area contributed by atoms with Crippen LogP contribution < -0.4 is 15.4 Å². The fraction of sp³-hybridized carbons (Fsp3) is 0.611. The Morgan fingerprint density at radius 2 is 2.00 bits per heavy atom. The maximum atomic E-state index is 12.4. The van der Waals surface area contributed by atoms with Crippen molar-refractivity contribution in [1.82, 2.24) is 15.4 Å². The SMILES string of the molecule is CCCNC(=NCc1ccc(S(=O)(=O)NCC2CCCO2)cc1)NCC. The van der Waals surface area contributed by atoms with E-state index >= 15 is 0 Å². The molecule has 1 atom stereocenters. The van der Waals surface area contributed by atoms with Gasteiger partial charge in [-0.15, -0.1) is 0 Å². The van der Waals surface area contributed by atoms with Crippen LogP contribution in [0.5, 0.6) is 0 Å². The van der Waals surface area contributed by atoms with Crippen molar-refractivity contribution < 1.29 is 13.2 Å². The summed E-state index contributed by atoms with van der Waals surface area (Å²) in [5.74, 6) is 0.768. The largest absolute Gasteiger partial charge is 0.377 e. The predicted octanol–water partition coefficient (Wildman–Crippen LogP) is 1.61. The molecule has 0 aromatic heterocycles. The van der Waals surface area contributed by atoms with E-state index in [1.807, 2.05) is 6.92 Å². The maximum Gasteiger partial charge on any atom is 0.240 e. The number of hydrogen-bond acceptors (Lipinski definition) is 4. The molecule has 146 valence electrons. The molecule has 7 nitrogen and oxygen atoms in total. The molecule has 1 saturated heterocycles. The quantitative estimate of drug-likeness (QED) is 0.446. The van der Waals surface area contributed by atoms with Gasteiger partial charge < -0.3 is 15.4 Å². The lowest BCUT2D eigenvalue weighted by Gasteiger charge is -2.12. The fourth-order valence-electron chi connectivity index (χ4n) is 2.62. The van der Waals surface area contributed by atoms with E-state index in [1.165, 1.54) is 0 Å². The van der Waals surface area contributed by atoms with Crippen molar-refractivity contribution >= 4 is 16.0 Å². The fourth-order valence-corrected chi connectivity index (χ4v) is 3.69. The zero-order valence-electron chi connectivity index (χ0n) is 15.6. The van der Waals surface area contributed by atoms with Gasteiger partial charge in [0.05, 0.1) is 17.5 Å². The van der Waals surface area contributed by atoms with Gasteiger partial charge in [-0.1, -0.05) is 19.1 Å². The molecule has 1 aliphatic rings. The number of rotatable bonds is 9. The van der Waals surface area contributed by atoms with Crippen LogP contribution in [0.2, 0.25) is 0 Å². The van der Waals surface area contributed by atoms with Crippen LogP contribution >= 0.6 is 0 Å². The summed E-state index contributed by atoms with van der Waals surface area (Å²) in [4.78, 5) is 4.78. The Bertz CT molecular complexity index is 668. The molecule has 1 unspecified atom stereocenters. The smallest absolute Gasteiger partial charge is 0.240 e. The van der Waals surface area contributed by atoms with Crippen molar-refractivity contribution in [2.75, 3.05) is 26.2 Å². The lowest BCUT2D eigenvalue weighted by atomic mass is 10.2. The zero-order chi connectivity index (χ0) is 18.8. The summed E-state index contributed by atoms with van der Waals surface area (Å²) < 4.78 is 32.8. The molecule has 1 aromatic carbocycles. The van der Waals surface area contributed by atoms with Crippen LogP contribution in [0, 0.1) is 0 Å². The number of aliphatic imine (C=N–C) groups is 1. The van der Waals surface area contributed by atoms with Crippen molar-refractivity contribution in [2.24, 2.45) is 4.99 Å². The molecule has 1 aliphatic heterocycles. The predicted molar refractivity (Wildman–Crippen MR) is 104 cm³/mol. The van der Waals surface area contributed by atoms with Gasteiger partial charge in [-0.3, -0.25) is 0 Å². The molecule has 0 aliphatic carbocycles. The first kappa shape index (κ1) is 20.7. The molecular weight excluding hydrogens is 352 g/mol. The first-order valence-electron chi connectivity index (χ1n) is 9.27. The molecular formula is C18H30N4O3S. The van der Waals surface area contributed by atoms with Gasteiger partial charge in [0.15, 0.2) is 5.96 Å². The van der Waals surface area contributed by atoms with Crippen LogP contribution in [0.15, 0.2) is 34.2 Å². The number of ether oxygens (including phenoxy) is 1. The molecule has 0 amide bonds. The van der Waals surface area contributed by atoms with E-state index < -0.39 is 10.0 Å². The lowest BCUT2D eigenvalue weighted by molar-refractivity contribution is 0.114. The number of nitrogens with one attached hydrogen (secondary N) is 3. The van der Waals surface area contributed by atoms with Gasteiger partial charge in [0.25, 0.3) is 0 Å². The third-order valence-electron chi connectivity index (χ3n) is 4.07. The van der Waals surface area contributed by atoms with Gasteiger partial charge in [0, 0.05) is 26.2 Å². The van der Waals surface area contributed by atoms with Crippen LogP contribution in [-0.2, 0) is 21.3 Å². The first-order valence-corrected chi connectivity index (χ1v) is 10.8. The minimum Gasteiger partial charge on any atom is -0.377 e. The molecule has 2 rings (SSSR count). The number of benzene rings is 1. The molecule has 1 fully saturated rings. The van der Waals surface area contributed by atoms with Crippen LogP contribution in [-0.4, -0.2) is 46.7 Å². The third-order valence-corrected chi connectivity index (χ3v) is 5.50. The first-order chi connectivity index (χ1) is 12.5. The summed E-state index contributed by atoms with van der Waals surface area (Å²) in [5, 5.41) is 6.43. The monoisotopic (exact) mass is 382 g/mol. The van der Waals surface area contributed by atoms with E-state index in [0.29, 0.717) is 19.7 Å². The molecule has 0 bridgehead atoms. The Kier molecular flexibility index (Phi) is 8.34. The summed E-state index contributed by atoms with van der Waals surface area (Å²) in [7, 11) is -3.51. The van der Waals surface area contributed by atoms with Crippen LogP contribution in [0.4, 0.5) is 0 Å². The van der Waals surface area contributed by atoms with Crippen molar-refractivity contribution in [3.05, 3.63) is 29.8 Å². The molecule has 1 heterocycles. The molecule has 0 radical (unpaired) electrons. The van der Waals surface area contributed by atoms with E-state index in [9.17, 15) is 8.42 Å². The average Bonchev–Trinajstić information content (AvgIpc) is 3.16. The van der Waals surface area contributed by atoms with E-state index in [4.69, 9.17) is 4.74 Å². The van der Waals surface area contributed by atoms with Crippen molar-refractivity contribution in [3.63, 3.8) is 0 Å². The lowest BCUT2D eigenvalue weighted by Crippen LogP contribution is -2.37.